The van der Waals surface area contributed by atoms with Crippen molar-refractivity contribution in [2.75, 3.05) is 13.1 Å². The Bertz CT molecular complexity index is 276. The van der Waals surface area contributed by atoms with Crippen molar-refractivity contribution in [3.63, 3.8) is 0 Å². The van der Waals surface area contributed by atoms with Crippen molar-refractivity contribution in [3.05, 3.63) is 0 Å². The summed E-state index contributed by atoms with van der Waals surface area (Å²) < 4.78 is 0. The number of hydrogen-bond donors (Lipinski definition) is 2. The van der Waals surface area contributed by atoms with Crippen LogP contribution >= 0.6 is 0 Å². The van der Waals surface area contributed by atoms with Crippen molar-refractivity contribution >= 4 is 5.91 Å². The number of primary amides is 1. The Hall–Kier alpha value is -0.610. The number of piperidine rings is 1. The lowest BCUT2D eigenvalue weighted by Crippen LogP contribution is -2.61. The van der Waals surface area contributed by atoms with Gasteiger partial charge in [-0.2, -0.15) is 0 Å². The number of carbonyl (C=O) groups excluding carboxylic acids is 1. The van der Waals surface area contributed by atoms with E-state index in [1.807, 2.05) is 32.6 Å². The third-order valence-electron chi connectivity index (χ3n) is 3.97. The molecule has 1 heterocycles. The summed E-state index contributed by atoms with van der Waals surface area (Å²) in [6.07, 6.45) is 1.71. The molecule has 1 fully saturated rings. The zero-order chi connectivity index (χ0) is 12.6. The van der Waals surface area contributed by atoms with E-state index in [9.17, 15) is 9.90 Å². The molecular formula is C12H24N2O2. The Morgan fingerprint density at radius 1 is 1.50 bits per heavy atom. The number of hydrogen-bond acceptors (Lipinski definition) is 3. The normalized spacial score (nSPS) is 28.4. The molecule has 1 aliphatic rings. The van der Waals surface area contributed by atoms with E-state index in [0.29, 0.717) is 6.54 Å². The third kappa shape index (κ3) is 2.38. The van der Waals surface area contributed by atoms with Crippen LogP contribution in [0.25, 0.3) is 0 Å². The third-order valence-corrected chi connectivity index (χ3v) is 3.97. The molecule has 0 spiro atoms. The molecule has 0 aromatic heterocycles. The number of nitrogens with zero attached hydrogens (tertiary/aromatic N) is 1. The maximum Gasteiger partial charge on any atom is 0.237 e. The second-order valence-electron chi connectivity index (χ2n) is 5.71. The highest BCUT2D eigenvalue weighted by Gasteiger charge is 2.42. The average molecular weight is 228 g/mol. The highest BCUT2D eigenvalue weighted by molar-refractivity contribution is 5.83. The maximum absolute atomic E-state index is 11.4. The smallest absolute Gasteiger partial charge is 0.237 e. The molecule has 1 amide bonds. The first-order valence-corrected chi connectivity index (χ1v) is 5.97. The summed E-state index contributed by atoms with van der Waals surface area (Å²) >= 11 is 0. The lowest BCUT2D eigenvalue weighted by molar-refractivity contribution is -0.136. The summed E-state index contributed by atoms with van der Waals surface area (Å²) in [5.41, 5.74) is 4.04. The first kappa shape index (κ1) is 13.5. The van der Waals surface area contributed by atoms with Crippen molar-refractivity contribution in [3.8, 4) is 0 Å². The predicted molar refractivity (Wildman–Crippen MR) is 63.9 cm³/mol. The molecular weight excluding hydrogens is 204 g/mol. The number of β-amino-alcohol motifs (C(OH)–C–C–N with tert-alkyl or cyclic N) is 1. The van der Waals surface area contributed by atoms with Crippen LogP contribution in [0.5, 0.6) is 0 Å². The van der Waals surface area contributed by atoms with Gasteiger partial charge in [0.1, 0.15) is 0 Å². The van der Waals surface area contributed by atoms with Gasteiger partial charge in [0.15, 0.2) is 0 Å². The number of rotatable bonds is 3. The van der Waals surface area contributed by atoms with E-state index in [1.165, 1.54) is 0 Å². The van der Waals surface area contributed by atoms with Crippen molar-refractivity contribution in [1.82, 2.24) is 4.90 Å². The van der Waals surface area contributed by atoms with Crippen LogP contribution in [0, 0.1) is 5.92 Å². The van der Waals surface area contributed by atoms with E-state index in [1.54, 1.807) is 0 Å². The lowest BCUT2D eigenvalue weighted by Gasteiger charge is -2.47. The van der Waals surface area contributed by atoms with Crippen LogP contribution in [0.1, 0.15) is 40.5 Å². The van der Waals surface area contributed by atoms with Gasteiger partial charge in [-0.15, -0.1) is 0 Å². The van der Waals surface area contributed by atoms with E-state index in [4.69, 9.17) is 5.73 Å². The van der Waals surface area contributed by atoms with Gasteiger partial charge in [0, 0.05) is 6.54 Å². The van der Waals surface area contributed by atoms with Crippen LogP contribution in [0.3, 0.4) is 0 Å². The van der Waals surface area contributed by atoms with Crippen LogP contribution in [0.4, 0.5) is 0 Å². The molecule has 1 aliphatic heterocycles. The van der Waals surface area contributed by atoms with Gasteiger partial charge in [-0.1, -0.05) is 13.8 Å². The number of aliphatic hydroxyl groups is 1. The van der Waals surface area contributed by atoms with Gasteiger partial charge in [0.2, 0.25) is 5.91 Å². The summed E-state index contributed by atoms with van der Waals surface area (Å²) in [5.74, 6) is -0.139. The minimum Gasteiger partial charge on any atom is -0.388 e. The number of nitrogens with two attached hydrogens (primary N) is 1. The molecule has 94 valence electrons. The number of carbonyl (C=O) groups is 1. The molecule has 0 bridgehead atoms. The first-order valence-electron chi connectivity index (χ1n) is 5.97. The summed E-state index contributed by atoms with van der Waals surface area (Å²) in [5, 5.41) is 10.5. The topological polar surface area (TPSA) is 66.6 Å². The highest BCUT2D eigenvalue weighted by atomic mass is 16.3. The van der Waals surface area contributed by atoms with Crippen molar-refractivity contribution in [2.24, 2.45) is 11.7 Å². The Morgan fingerprint density at radius 3 is 2.50 bits per heavy atom. The van der Waals surface area contributed by atoms with Crippen LogP contribution in [0.15, 0.2) is 0 Å². The summed E-state index contributed by atoms with van der Waals surface area (Å²) in [4.78, 5) is 13.4. The SMILES string of the molecule is CC(C)C1(O)CCCN(C(C)(C)C(N)=O)C1. The van der Waals surface area contributed by atoms with Crippen molar-refractivity contribution < 1.29 is 9.90 Å². The molecule has 0 aromatic rings. The van der Waals surface area contributed by atoms with E-state index in [0.717, 1.165) is 19.4 Å². The van der Waals surface area contributed by atoms with E-state index in [-0.39, 0.29) is 11.8 Å². The Labute approximate surface area is 97.8 Å². The summed E-state index contributed by atoms with van der Waals surface area (Å²) in [6, 6.07) is 0. The lowest BCUT2D eigenvalue weighted by atomic mass is 9.81. The van der Waals surface area contributed by atoms with E-state index in [2.05, 4.69) is 0 Å². The molecule has 1 unspecified atom stereocenters. The Morgan fingerprint density at radius 2 is 2.06 bits per heavy atom. The van der Waals surface area contributed by atoms with Crippen LogP contribution in [-0.2, 0) is 4.79 Å². The monoisotopic (exact) mass is 228 g/mol. The fourth-order valence-electron chi connectivity index (χ4n) is 2.17. The minimum atomic E-state index is -0.690. The van der Waals surface area contributed by atoms with Crippen molar-refractivity contribution in [2.45, 2.75) is 51.7 Å². The standard InChI is InChI=1S/C12H24N2O2/c1-9(2)12(16)6-5-7-14(8-12)11(3,4)10(13)15/h9,16H,5-8H2,1-4H3,(H2,13,15). The average Bonchev–Trinajstić information content (AvgIpc) is 2.17. The van der Waals surface area contributed by atoms with Crippen LogP contribution in [0.2, 0.25) is 0 Å². The second kappa shape index (κ2) is 4.34. The van der Waals surface area contributed by atoms with Gasteiger partial charge in [-0.05, 0) is 39.2 Å². The first-order chi connectivity index (χ1) is 7.20. The molecule has 0 aromatic carbocycles. The molecule has 1 saturated heterocycles. The van der Waals surface area contributed by atoms with Crippen LogP contribution < -0.4 is 5.73 Å². The quantitative estimate of drug-likeness (QED) is 0.748. The minimum absolute atomic E-state index is 0.193. The van der Waals surface area contributed by atoms with Crippen molar-refractivity contribution in [1.29, 1.82) is 0 Å². The van der Waals surface area contributed by atoms with Gasteiger partial charge in [0.25, 0.3) is 0 Å². The summed E-state index contributed by atoms with van der Waals surface area (Å²) in [6.45, 7) is 9.02. The summed E-state index contributed by atoms with van der Waals surface area (Å²) in [7, 11) is 0. The van der Waals surface area contributed by atoms with E-state index >= 15 is 0 Å². The zero-order valence-electron chi connectivity index (χ0n) is 10.8. The predicted octanol–water partition coefficient (Wildman–Crippen LogP) is 0.733. The van der Waals surface area contributed by atoms with E-state index < -0.39 is 11.1 Å². The fraction of sp³-hybridized carbons (Fsp3) is 0.917. The molecule has 3 N–H and O–H groups in total. The van der Waals surface area contributed by atoms with Gasteiger partial charge in [-0.3, -0.25) is 9.69 Å². The largest absolute Gasteiger partial charge is 0.388 e. The number of amides is 1. The molecule has 4 nitrogen and oxygen atoms in total. The van der Waals surface area contributed by atoms with Gasteiger partial charge < -0.3 is 10.8 Å². The number of likely N-dealkylation sites (tertiary alicyclic amines) is 1. The second-order valence-corrected chi connectivity index (χ2v) is 5.71. The molecule has 0 saturated carbocycles. The maximum atomic E-state index is 11.4. The Kier molecular flexibility index (Phi) is 3.65. The highest BCUT2D eigenvalue weighted by Crippen LogP contribution is 2.31. The fourth-order valence-corrected chi connectivity index (χ4v) is 2.17. The van der Waals surface area contributed by atoms with Gasteiger partial charge in [0.05, 0.1) is 11.1 Å². The molecule has 0 aliphatic carbocycles. The molecule has 16 heavy (non-hydrogen) atoms. The molecule has 1 rings (SSSR count). The molecule has 0 radical (unpaired) electrons. The molecule has 4 heteroatoms. The zero-order valence-corrected chi connectivity index (χ0v) is 10.8. The molecule has 1 atom stereocenters. The van der Waals surface area contributed by atoms with Gasteiger partial charge >= 0.3 is 0 Å². The van der Waals surface area contributed by atoms with Crippen LogP contribution in [-0.4, -0.2) is 40.1 Å². The van der Waals surface area contributed by atoms with Gasteiger partial charge in [-0.25, -0.2) is 0 Å². The Balaban J connectivity index is 2.82.